The lowest BCUT2D eigenvalue weighted by atomic mass is 9.49. The lowest BCUT2D eigenvalue weighted by Gasteiger charge is -2.55. The summed E-state index contributed by atoms with van der Waals surface area (Å²) in [4.78, 5) is 14.1. The van der Waals surface area contributed by atoms with Gasteiger partial charge in [-0.3, -0.25) is 4.79 Å². The van der Waals surface area contributed by atoms with Crippen molar-refractivity contribution in [2.75, 3.05) is 6.61 Å². The van der Waals surface area contributed by atoms with Crippen LogP contribution in [0.15, 0.2) is 0 Å². The van der Waals surface area contributed by atoms with E-state index in [2.05, 4.69) is 13.8 Å². The molecule has 0 aromatic heterocycles. The lowest BCUT2D eigenvalue weighted by molar-refractivity contribution is -0.175. The van der Waals surface area contributed by atoms with Crippen LogP contribution in [0.25, 0.3) is 0 Å². The lowest BCUT2D eigenvalue weighted by Crippen LogP contribution is -2.52. The first kappa shape index (κ1) is 31.0. The summed E-state index contributed by atoms with van der Waals surface area (Å²) in [5.41, 5.74) is 0.0238. The molecule has 3 fully saturated rings. The Morgan fingerprint density at radius 1 is 0.595 bits per heavy atom. The molecule has 3 aliphatic rings. The Bertz CT molecular complexity index is 590. The number of rotatable bonds is 17. The van der Waals surface area contributed by atoms with E-state index < -0.39 is 0 Å². The molecule has 0 saturated heterocycles. The molecule has 0 amide bonds. The van der Waals surface area contributed by atoms with Crippen LogP contribution >= 0.6 is 0 Å². The molecule has 216 valence electrons. The molecule has 0 aliphatic heterocycles. The van der Waals surface area contributed by atoms with Gasteiger partial charge in [0.2, 0.25) is 0 Å². The molecule has 0 atom stereocenters. The van der Waals surface area contributed by atoms with E-state index in [0.29, 0.717) is 6.61 Å². The van der Waals surface area contributed by atoms with E-state index in [4.69, 9.17) is 4.74 Å². The summed E-state index contributed by atoms with van der Waals surface area (Å²) in [5.74, 6) is 2.13. The van der Waals surface area contributed by atoms with Gasteiger partial charge in [-0.05, 0) is 68.6 Å². The van der Waals surface area contributed by atoms with E-state index in [1.54, 1.807) is 0 Å². The van der Waals surface area contributed by atoms with Crippen molar-refractivity contribution in [3.8, 4) is 0 Å². The second kappa shape index (κ2) is 17.2. The quantitative estimate of drug-likeness (QED) is 0.142. The standard InChI is InChI=1S/C35H64O2/c1-3-5-7-9-11-17-25-34(28-23-32(24-29-34)31-21-15-13-16-22-31)35(26-18-14-19-27-35)33(36)37-30-20-12-10-8-6-4-2/h31-32H,3-30H2,1-2H3/t32-,34+. The Morgan fingerprint density at radius 2 is 1.11 bits per heavy atom. The van der Waals surface area contributed by atoms with Crippen LogP contribution in [0.5, 0.6) is 0 Å². The molecule has 3 saturated carbocycles. The van der Waals surface area contributed by atoms with Gasteiger partial charge in [0.1, 0.15) is 0 Å². The molecule has 0 N–H and O–H groups in total. The van der Waals surface area contributed by atoms with E-state index in [1.165, 1.54) is 154 Å². The zero-order chi connectivity index (χ0) is 26.2. The van der Waals surface area contributed by atoms with Gasteiger partial charge >= 0.3 is 5.97 Å². The molecule has 0 aromatic rings. The maximum Gasteiger partial charge on any atom is 0.312 e. The van der Waals surface area contributed by atoms with Crippen LogP contribution in [0.3, 0.4) is 0 Å². The Balaban J connectivity index is 1.65. The fourth-order valence-electron chi connectivity index (χ4n) is 8.77. The molecule has 37 heavy (non-hydrogen) atoms. The second-order valence-electron chi connectivity index (χ2n) is 13.6. The highest BCUT2D eigenvalue weighted by Gasteiger charge is 2.57. The maximum absolute atomic E-state index is 14.1. The van der Waals surface area contributed by atoms with Gasteiger partial charge in [-0.15, -0.1) is 0 Å². The Hall–Kier alpha value is -0.530. The predicted octanol–water partition coefficient (Wildman–Crippen LogP) is 11.3. The van der Waals surface area contributed by atoms with Gasteiger partial charge in [0.15, 0.2) is 0 Å². The largest absolute Gasteiger partial charge is 0.465 e. The highest BCUT2D eigenvalue weighted by molar-refractivity contribution is 5.78. The third-order valence-corrected chi connectivity index (χ3v) is 11.2. The number of carbonyl (C=O) groups excluding carboxylic acids is 1. The van der Waals surface area contributed by atoms with E-state index in [0.717, 1.165) is 31.1 Å². The summed E-state index contributed by atoms with van der Waals surface area (Å²) in [6, 6.07) is 0. The number of ether oxygens (including phenoxy) is 1. The van der Waals surface area contributed by atoms with Gasteiger partial charge in [-0.1, -0.05) is 136 Å². The van der Waals surface area contributed by atoms with Gasteiger partial charge in [-0.25, -0.2) is 0 Å². The topological polar surface area (TPSA) is 26.3 Å². The zero-order valence-electron chi connectivity index (χ0n) is 25.3. The molecule has 0 radical (unpaired) electrons. The van der Waals surface area contributed by atoms with Crippen molar-refractivity contribution in [1.82, 2.24) is 0 Å². The molecule has 2 nitrogen and oxygen atoms in total. The fraction of sp³-hybridized carbons (Fsp3) is 0.971. The van der Waals surface area contributed by atoms with Crippen LogP contribution in [0.4, 0.5) is 0 Å². The minimum Gasteiger partial charge on any atom is -0.465 e. The molecule has 3 aliphatic carbocycles. The minimum absolute atomic E-state index is 0.186. The van der Waals surface area contributed by atoms with Crippen molar-refractivity contribution in [3.63, 3.8) is 0 Å². The van der Waals surface area contributed by atoms with Crippen molar-refractivity contribution in [2.24, 2.45) is 22.7 Å². The van der Waals surface area contributed by atoms with Crippen molar-refractivity contribution in [1.29, 1.82) is 0 Å². The van der Waals surface area contributed by atoms with Crippen LogP contribution in [0.1, 0.15) is 187 Å². The summed E-state index contributed by atoms with van der Waals surface area (Å²) in [6.07, 6.45) is 35.6. The van der Waals surface area contributed by atoms with E-state index in [-0.39, 0.29) is 16.8 Å². The van der Waals surface area contributed by atoms with Gasteiger partial charge in [-0.2, -0.15) is 0 Å². The van der Waals surface area contributed by atoms with Crippen LogP contribution < -0.4 is 0 Å². The summed E-state index contributed by atoms with van der Waals surface area (Å²) in [5, 5.41) is 0. The third kappa shape index (κ3) is 8.99. The van der Waals surface area contributed by atoms with Gasteiger partial charge < -0.3 is 4.74 Å². The van der Waals surface area contributed by atoms with E-state index in [1.807, 2.05) is 0 Å². The summed E-state index contributed by atoms with van der Waals surface area (Å²) >= 11 is 0. The van der Waals surface area contributed by atoms with Crippen LogP contribution in [-0.4, -0.2) is 12.6 Å². The zero-order valence-corrected chi connectivity index (χ0v) is 25.3. The summed E-state index contributed by atoms with van der Waals surface area (Å²) in [6.45, 7) is 5.24. The maximum atomic E-state index is 14.1. The number of unbranched alkanes of at least 4 members (excludes halogenated alkanes) is 10. The van der Waals surface area contributed by atoms with Crippen LogP contribution in [0.2, 0.25) is 0 Å². The molecule has 3 rings (SSSR count). The molecular weight excluding hydrogens is 452 g/mol. The second-order valence-corrected chi connectivity index (χ2v) is 13.6. The van der Waals surface area contributed by atoms with Gasteiger partial charge in [0.05, 0.1) is 12.0 Å². The molecular formula is C35H64O2. The van der Waals surface area contributed by atoms with E-state index in [9.17, 15) is 4.79 Å². The van der Waals surface area contributed by atoms with Crippen molar-refractivity contribution < 1.29 is 9.53 Å². The van der Waals surface area contributed by atoms with Crippen LogP contribution in [0, 0.1) is 22.7 Å². The monoisotopic (exact) mass is 516 g/mol. The first-order valence-electron chi connectivity index (χ1n) is 17.3. The summed E-state index contributed by atoms with van der Waals surface area (Å²) in [7, 11) is 0. The van der Waals surface area contributed by atoms with Crippen molar-refractivity contribution in [2.45, 2.75) is 187 Å². The van der Waals surface area contributed by atoms with Crippen LogP contribution in [-0.2, 0) is 9.53 Å². The normalized spacial score (nSPS) is 26.7. The third-order valence-electron chi connectivity index (χ3n) is 11.2. The molecule has 0 heterocycles. The molecule has 2 heteroatoms. The van der Waals surface area contributed by atoms with Crippen molar-refractivity contribution >= 4 is 5.97 Å². The average Bonchev–Trinajstić information content (AvgIpc) is 2.95. The highest BCUT2D eigenvalue weighted by Crippen LogP contribution is 2.61. The first-order chi connectivity index (χ1) is 18.2. The predicted molar refractivity (Wildman–Crippen MR) is 159 cm³/mol. The first-order valence-corrected chi connectivity index (χ1v) is 17.3. The molecule has 0 aromatic carbocycles. The fourth-order valence-corrected chi connectivity index (χ4v) is 8.77. The Morgan fingerprint density at radius 3 is 1.73 bits per heavy atom. The number of hydrogen-bond donors (Lipinski definition) is 0. The minimum atomic E-state index is -0.186. The molecule has 0 unspecified atom stereocenters. The summed E-state index contributed by atoms with van der Waals surface area (Å²) < 4.78 is 6.23. The smallest absolute Gasteiger partial charge is 0.312 e. The Kier molecular flexibility index (Phi) is 14.4. The van der Waals surface area contributed by atoms with Crippen molar-refractivity contribution in [3.05, 3.63) is 0 Å². The SMILES string of the molecule is CCCCCCCCOC(=O)C1([C@]2(CCCCCCCC)CC[C@H](C3CCCCC3)CC2)CCCCC1. The number of hydrogen-bond acceptors (Lipinski definition) is 2. The van der Waals surface area contributed by atoms with Gasteiger partial charge in [0, 0.05) is 0 Å². The number of carbonyl (C=O) groups is 1. The average molecular weight is 517 g/mol. The highest BCUT2D eigenvalue weighted by atomic mass is 16.5. The number of esters is 1. The Labute approximate surface area is 231 Å². The molecule has 0 bridgehead atoms. The van der Waals surface area contributed by atoms with E-state index >= 15 is 0 Å². The molecule has 0 spiro atoms. The van der Waals surface area contributed by atoms with Gasteiger partial charge in [0.25, 0.3) is 0 Å².